The van der Waals surface area contributed by atoms with Crippen LogP contribution in [0.4, 0.5) is 4.39 Å². The van der Waals surface area contributed by atoms with Crippen LogP contribution in [0.3, 0.4) is 0 Å². The second-order valence-electron chi connectivity index (χ2n) is 6.06. The number of hydrogen-bond acceptors (Lipinski definition) is 3. The first-order valence-electron chi connectivity index (χ1n) is 7.86. The lowest BCUT2D eigenvalue weighted by molar-refractivity contribution is 0.114. The van der Waals surface area contributed by atoms with Crippen LogP contribution >= 0.6 is 0 Å². The number of hydrogen-bond donors (Lipinski definition) is 1. The number of ether oxygens (including phenoxy) is 1. The highest BCUT2D eigenvalue weighted by Crippen LogP contribution is 2.35. The van der Waals surface area contributed by atoms with Crippen LogP contribution in [0.2, 0.25) is 0 Å². The zero-order valence-corrected chi connectivity index (χ0v) is 13.1. The van der Waals surface area contributed by atoms with Gasteiger partial charge in [0, 0.05) is 32.3 Å². The van der Waals surface area contributed by atoms with Crippen LogP contribution in [0.5, 0.6) is 0 Å². The van der Waals surface area contributed by atoms with Crippen molar-refractivity contribution in [3.63, 3.8) is 0 Å². The molecule has 1 saturated carbocycles. The first-order valence-corrected chi connectivity index (χ1v) is 7.86. The highest BCUT2D eigenvalue weighted by atomic mass is 19.1. The Kier molecular flexibility index (Phi) is 6.15. The van der Waals surface area contributed by atoms with Gasteiger partial charge in [0.15, 0.2) is 0 Å². The highest BCUT2D eigenvalue weighted by molar-refractivity contribution is 5.19. The Morgan fingerprint density at radius 3 is 2.76 bits per heavy atom. The molecule has 3 nitrogen and oxygen atoms in total. The summed E-state index contributed by atoms with van der Waals surface area (Å²) in [5.41, 5.74) is 7.08. The van der Waals surface area contributed by atoms with Gasteiger partial charge in [-0.1, -0.05) is 12.1 Å². The van der Waals surface area contributed by atoms with Gasteiger partial charge in [0.25, 0.3) is 0 Å². The largest absolute Gasteiger partial charge is 0.383 e. The van der Waals surface area contributed by atoms with Crippen molar-refractivity contribution in [3.05, 3.63) is 35.6 Å². The average molecular weight is 294 g/mol. The fourth-order valence-electron chi connectivity index (χ4n) is 2.81. The zero-order valence-electron chi connectivity index (χ0n) is 13.1. The quantitative estimate of drug-likeness (QED) is 0.761. The van der Waals surface area contributed by atoms with Crippen molar-refractivity contribution in [2.75, 3.05) is 26.8 Å². The predicted molar refractivity (Wildman–Crippen MR) is 83.6 cm³/mol. The Balaban J connectivity index is 1.87. The van der Waals surface area contributed by atoms with E-state index >= 15 is 0 Å². The molecular formula is C17H27FN2O. The van der Waals surface area contributed by atoms with E-state index in [2.05, 4.69) is 11.8 Å². The molecule has 2 rings (SSSR count). The molecule has 0 heterocycles. The number of methoxy groups -OCH3 is 1. The van der Waals surface area contributed by atoms with Gasteiger partial charge in [0.2, 0.25) is 0 Å². The molecule has 2 unspecified atom stereocenters. The molecule has 0 radical (unpaired) electrons. The first-order chi connectivity index (χ1) is 10.1. The number of halogens is 1. The molecule has 1 aliphatic carbocycles. The SMILES string of the molecule is COCCN(CCC(N)c1cccc(F)c1)C(C)C1CC1. The third-order valence-electron chi connectivity index (χ3n) is 4.47. The maximum atomic E-state index is 13.3. The minimum atomic E-state index is -0.217. The van der Waals surface area contributed by atoms with Crippen LogP contribution < -0.4 is 5.73 Å². The van der Waals surface area contributed by atoms with E-state index in [1.165, 1.54) is 25.0 Å². The third-order valence-corrected chi connectivity index (χ3v) is 4.47. The fraction of sp³-hybridized carbons (Fsp3) is 0.647. The zero-order chi connectivity index (χ0) is 15.2. The number of rotatable bonds is 9. The molecule has 0 aliphatic heterocycles. The van der Waals surface area contributed by atoms with E-state index in [1.807, 2.05) is 6.07 Å². The summed E-state index contributed by atoms with van der Waals surface area (Å²) in [4.78, 5) is 2.46. The Morgan fingerprint density at radius 2 is 2.14 bits per heavy atom. The second kappa shape index (κ2) is 7.87. The summed E-state index contributed by atoms with van der Waals surface area (Å²) in [6, 6.07) is 7.08. The van der Waals surface area contributed by atoms with Crippen LogP contribution in [0.15, 0.2) is 24.3 Å². The van der Waals surface area contributed by atoms with E-state index < -0.39 is 0 Å². The van der Waals surface area contributed by atoms with Crippen molar-refractivity contribution < 1.29 is 9.13 Å². The summed E-state index contributed by atoms with van der Waals surface area (Å²) < 4.78 is 18.5. The van der Waals surface area contributed by atoms with Crippen molar-refractivity contribution in [2.24, 2.45) is 11.7 Å². The molecule has 0 amide bonds. The van der Waals surface area contributed by atoms with E-state index in [0.717, 1.165) is 37.6 Å². The van der Waals surface area contributed by atoms with Crippen molar-refractivity contribution in [1.29, 1.82) is 0 Å². The maximum Gasteiger partial charge on any atom is 0.123 e. The van der Waals surface area contributed by atoms with Crippen LogP contribution in [-0.4, -0.2) is 37.7 Å². The molecule has 21 heavy (non-hydrogen) atoms. The van der Waals surface area contributed by atoms with Gasteiger partial charge in [0.05, 0.1) is 6.61 Å². The molecule has 2 N–H and O–H groups in total. The van der Waals surface area contributed by atoms with Gasteiger partial charge in [-0.15, -0.1) is 0 Å². The minimum absolute atomic E-state index is 0.114. The van der Waals surface area contributed by atoms with E-state index in [1.54, 1.807) is 13.2 Å². The molecule has 0 bridgehead atoms. The fourth-order valence-corrected chi connectivity index (χ4v) is 2.81. The molecule has 0 saturated heterocycles. The first kappa shape index (κ1) is 16.4. The summed E-state index contributed by atoms with van der Waals surface area (Å²) in [7, 11) is 1.73. The average Bonchev–Trinajstić information content (AvgIpc) is 3.31. The molecule has 118 valence electrons. The number of nitrogens with zero attached hydrogens (tertiary/aromatic N) is 1. The van der Waals surface area contributed by atoms with Gasteiger partial charge >= 0.3 is 0 Å². The van der Waals surface area contributed by atoms with Gasteiger partial charge in [0.1, 0.15) is 5.82 Å². The van der Waals surface area contributed by atoms with Gasteiger partial charge < -0.3 is 10.5 Å². The van der Waals surface area contributed by atoms with E-state index in [0.29, 0.717) is 6.04 Å². The minimum Gasteiger partial charge on any atom is -0.383 e. The normalized spacial score (nSPS) is 18.0. The molecule has 1 fully saturated rings. The maximum absolute atomic E-state index is 13.3. The van der Waals surface area contributed by atoms with Gasteiger partial charge in [-0.2, -0.15) is 0 Å². The monoisotopic (exact) mass is 294 g/mol. The second-order valence-corrected chi connectivity index (χ2v) is 6.06. The van der Waals surface area contributed by atoms with Crippen molar-refractivity contribution >= 4 is 0 Å². The van der Waals surface area contributed by atoms with Gasteiger partial charge in [-0.05, 0) is 49.8 Å². The summed E-state index contributed by atoms with van der Waals surface area (Å²) in [5.74, 6) is 0.609. The molecule has 0 spiro atoms. The number of benzene rings is 1. The lowest BCUT2D eigenvalue weighted by Crippen LogP contribution is -2.38. The number of nitrogens with two attached hydrogens (primary N) is 1. The predicted octanol–water partition coefficient (Wildman–Crippen LogP) is 2.96. The summed E-state index contributed by atoms with van der Waals surface area (Å²) in [6.07, 6.45) is 3.51. The molecule has 0 aromatic heterocycles. The van der Waals surface area contributed by atoms with E-state index in [-0.39, 0.29) is 11.9 Å². The van der Waals surface area contributed by atoms with Crippen molar-refractivity contribution in [1.82, 2.24) is 4.90 Å². The third kappa shape index (κ3) is 5.06. The molecular weight excluding hydrogens is 267 g/mol. The van der Waals surface area contributed by atoms with E-state index in [9.17, 15) is 4.39 Å². The van der Waals surface area contributed by atoms with Crippen molar-refractivity contribution in [2.45, 2.75) is 38.3 Å². The smallest absolute Gasteiger partial charge is 0.123 e. The molecule has 4 heteroatoms. The van der Waals surface area contributed by atoms with Crippen LogP contribution in [0.25, 0.3) is 0 Å². The summed E-state index contributed by atoms with van der Waals surface area (Å²) in [5, 5.41) is 0. The molecule has 1 aromatic carbocycles. The molecule has 1 aromatic rings. The topological polar surface area (TPSA) is 38.5 Å². The standard InChI is InChI=1S/C17H27FN2O/c1-13(14-6-7-14)20(10-11-21-2)9-8-17(19)15-4-3-5-16(18)12-15/h3-5,12-14,17H,6-11,19H2,1-2H3. The van der Waals surface area contributed by atoms with E-state index in [4.69, 9.17) is 10.5 Å². The lowest BCUT2D eigenvalue weighted by Gasteiger charge is -2.30. The Hall–Kier alpha value is -0.970. The van der Waals surface area contributed by atoms with Crippen molar-refractivity contribution in [3.8, 4) is 0 Å². The Bertz CT molecular complexity index is 437. The lowest BCUT2D eigenvalue weighted by atomic mass is 10.0. The molecule has 2 atom stereocenters. The van der Waals surface area contributed by atoms with Gasteiger partial charge in [-0.3, -0.25) is 4.90 Å². The Morgan fingerprint density at radius 1 is 1.38 bits per heavy atom. The van der Waals surface area contributed by atoms with Crippen LogP contribution in [0, 0.1) is 11.7 Å². The highest BCUT2D eigenvalue weighted by Gasteiger charge is 2.31. The Labute approximate surface area is 127 Å². The molecule has 1 aliphatic rings. The van der Waals surface area contributed by atoms with Gasteiger partial charge in [-0.25, -0.2) is 4.39 Å². The summed E-state index contributed by atoms with van der Waals surface area (Å²) in [6.45, 7) is 4.90. The summed E-state index contributed by atoms with van der Waals surface area (Å²) >= 11 is 0. The van der Waals surface area contributed by atoms with Crippen LogP contribution in [0.1, 0.15) is 37.8 Å². The van der Waals surface area contributed by atoms with Crippen LogP contribution in [-0.2, 0) is 4.74 Å².